The van der Waals surface area contributed by atoms with Gasteiger partial charge >= 0.3 is 5.97 Å². The molecular formula is C56H75N17O14. The number of unbranched alkanes of at least 4 members (excludes halogenated alkanes) is 1. The van der Waals surface area contributed by atoms with Crippen LogP contribution < -0.4 is 96.3 Å². The number of carboxylic acids is 1. The lowest BCUT2D eigenvalue weighted by atomic mass is 10.0. The summed E-state index contributed by atoms with van der Waals surface area (Å²) in [6, 6.07) is 11.3. The number of primary amides is 1. The van der Waals surface area contributed by atoms with Gasteiger partial charge in [0.05, 0.1) is 62.6 Å². The average Bonchev–Trinajstić information content (AvgIpc) is 2.94. The number of amidine groups is 1. The minimum absolute atomic E-state index is 0.00987. The Morgan fingerprint density at radius 2 is 0.793 bits per heavy atom. The van der Waals surface area contributed by atoms with Crippen molar-refractivity contribution in [3.05, 3.63) is 95.1 Å². The summed E-state index contributed by atoms with van der Waals surface area (Å²) >= 11 is 0. The first-order chi connectivity index (χ1) is 41.4. The summed E-state index contributed by atoms with van der Waals surface area (Å²) in [6.07, 6.45) is 0.781. The Morgan fingerprint density at radius 3 is 1.14 bits per heavy atom. The number of aliphatic imine (C=N–C) groups is 2. The van der Waals surface area contributed by atoms with Gasteiger partial charge in [0.1, 0.15) is 41.1 Å². The number of benzene rings is 4. The fourth-order valence-electron chi connectivity index (χ4n) is 8.39. The van der Waals surface area contributed by atoms with Crippen LogP contribution >= 0.6 is 0 Å². The lowest BCUT2D eigenvalue weighted by Gasteiger charge is -2.21. The predicted molar refractivity (Wildman–Crippen MR) is 324 cm³/mol. The quantitative estimate of drug-likeness (QED) is 0.0172. The van der Waals surface area contributed by atoms with Crippen LogP contribution in [0.3, 0.4) is 0 Å². The maximum Gasteiger partial charge on any atom is 0.303 e. The summed E-state index contributed by atoms with van der Waals surface area (Å²) in [5, 5.41) is 35.7. The van der Waals surface area contributed by atoms with Crippen molar-refractivity contribution < 1.29 is 67.2 Å². The maximum absolute atomic E-state index is 14.2. The van der Waals surface area contributed by atoms with Gasteiger partial charge in [0.15, 0.2) is 11.9 Å². The molecule has 0 aromatic heterocycles. The summed E-state index contributed by atoms with van der Waals surface area (Å²) in [6.45, 7) is 0.323. The van der Waals surface area contributed by atoms with Gasteiger partial charge in [0.25, 0.3) is 23.6 Å². The molecule has 31 heteroatoms. The number of amides is 8. The van der Waals surface area contributed by atoms with E-state index < -0.39 is 90.2 Å². The van der Waals surface area contributed by atoms with Crippen LogP contribution in [0.1, 0.15) is 106 Å². The van der Waals surface area contributed by atoms with Gasteiger partial charge in [-0.25, -0.2) is 0 Å². The van der Waals surface area contributed by atoms with Crippen LogP contribution in [0, 0.1) is 5.41 Å². The number of hydrogen-bond acceptors (Lipinski definition) is 17. The van der Waals surface area contributed by atoms with Gasteiger partial charge in [-0.2, -0.15) is 0 Å². The molecule has 0 aliphatic heterocycles. The number of methoxy groups -OCH3 is 4. The highest BCUT2D eigenvalue weighted by atomic mass is 16.5. The third kappa shape index (κ3) is 22.1. The number of aliphatic carboxylic acids is 1. The number of hydrogen-bond donors (Lipinski definition) is 16. The van der Waals surface area contributed by atoms with E-state index in [1.54, 1.807) is 0 Å². The molecule has 0 aliphatic carbocycles. The van der Waals surface area contributed by atoms with Gasteiger partial charge in [-0.05, 0) is 118 Å². The van der Waals surface area contributed by atoms with E-state index in [9.17, 15) is 48.3 Å². The summed E-state index contributed by atoms with van der Waals surface area (Å²) in [5.41, 5.74) is 38.7. The Balaban J connectivity index is 1.58. The third-order valence-corrected chi connectivity index (χ3v) is 12.8. The smallest absolute Gasteiger partial charge is 0.303 e. The second-order valence-electron chi connectivity index (χ2n) is 19.3. The van der Waals surface area contributed by atoms with Crippen molar-refractivity contribution in [2.24, 2.45) is 50.1 Å². The van der Waals surface area contributed by atoms with Crippen LogP contribution in [0.25, 0.3) is 0 Å². The van der Waals surface area contributed by atoms with E-state index in [2.05, 4.69) is 47.2 Å². The first-order valence-corrected chi connectivity index (χ1v) is 27.0. The normalized spacial score (nSPS) is 12.0. The molecule has 0 saturated heterocycles. The molecule has 468 valence electrons. The largest absolute Gasteiger partial charge is 0.496 e. The van der Waals surface area contributed by atoms with Crippen molar-refractivity contribution in [2.45, 2.75) is 88.4 Å². The second kappa shape index (κ2) is 34.2. The number of ether oxygens (including phenoxy) is 4. The summed E-state index contributed by atoms with van der Waals surface area (Å²) in [4.78, 5) is 129. The highest BCUT2D eigenvalue weighted by Crippen LogP contribution is 2.28. The topological polar surface area (TPSA) is 526 Å². The Kier molecular flexibility index (Phi) is 27.0. The molecule has 8 amide bonds. The van der Waals surface area contributed by atoms with Crippen LogP contribution in [0.15, 0.2) is 82.8 Å². The zero-order valence-electron chi connectivity index (χ0n) is 48.4. The highest BCUT2D eigenvalue weighted by molar-refractivity contribution is 6.08. The number of nitrogens with zero attached hydrogens (tertiary/aromatic N) is 2. The molecule has 87 heavy (non-hydrogen) atoms. The van der Waals surface area contributed by atoms with E-state index in [0.29, 0.717) is 19.3 Å². The van der Waals surface area contributed by atoms with E-state index >= 15 is 0 Å². The lowest BCUT2D eigenvalue weighted by Crippen LogP contribution is -2.45. The molecule has 4 aromatic carbocycles. The van der Waals surface area contributed by atoms with Crippen molar-refractivity contribution in [1.29, 1.82) is 5.41 Å². The molecule has 0 radical (unpaired) electrons. The van der Waals surface area contributed by atoms with Gasteiger partial charge in [-0.1, -0.05) is 6.42 Å². The van der Waals surface area contributed by atoms with Crippen LogP contribution in [0.4, 0.5) is 22.7 Å². The van der Waals surface area contributed by atoms with E-state index in [1.807, 2.05) is 0 Å². The Bertz CT molecular complexity index is 3220. The van der Waals surface area contributed by atoms with E-state index in [1.165, 1.54) is 101 Å². The molecule has 0 bridgehead atoms. The van der Waals surface area contributed by atoms with Crippen molar-refractivity contribution in [2.75, 3.05) is 62.8 Å². The molecule has 0 heterocycles. The summed E-state index contributed by atoms with van der Waals surface area (Å²) < 4.78 is 21.5. The molecule has 31 nitrogen and oxygen atoms in total. The minimum atomic E-state index is -1.56. The number of guanidine groups is 2. The molecule has 0 unspecified atom stereocenters. The van der Waals surface area contributed by atoms with Crippen molar-refractivity contribution in [1.82, 2.24) is 16.0 Å². The summed E-state index contributed by atoms with van der Waals surface area (Å²) in [7, 11) is 5.19. The van der Waals surface area contributed by atoms with Crippen LogP contribution in [-0.4, -0.2) is 142 Å². The summed E-state index contributed by atoms with van der Waals surface area (Å²) in [5.74, 6) is -7.82. The standard InChI is InChI=1S/C56H75N17O14/c1-84-41-18-13-29(25-33(41)47(60)76)68-52(81)38(10-5-6-12-45(58)59)71-48(77)35-28-32(16-21-43(35)86-3)70-54(83)40(17-22-46(74)75)73-50(79)36-27-31(15-20-44(36)87-4)69-53(82)39(11-8-24-66-56(63)64)72-49(78)34-26-30(14-19-42(34)85-2)67-51(80)37(57)9-7-23-65-55(61)62/h13-16,18-21,25-28,37-40H,5-12,17,22-24,57H2,1-4H3,(H3,58,59)(H2,60,76)(H,67,80)(H,68,81)(H,69,82)(H,70,83)(H,71,77)(H,72,78)(H,73,79)(H,74,75)(H4,61,62,65)(H4,63,64,66)/t37-,38-,39-,40-/m0/s1. The van der Waals surface area contributed by atoms with E-state index in [-0.39, 0.29) is 131 Å². The van der Waals surface area contributed by atoms with Crippen molar-refractivity contribution in [3.8, 4) is 23.0 Å². The lowest BCUT2D eigenvalue weighted by molar-refractivity contribution is -0.137. The number of carbonyl (C=O) groups is 9. The van der Waals surface area contributed by atoms with Gasteiger partial charge in [0.2, 0.25) is 23.6 Å². The first-order valence-electron chi connectivity index (χ1n) is 27.0. The fourth-order valence-corrected chi connectivity index (χ4v) is 8.39. The Labute approximate surface area is 500 Å². The number of carboxylic acid groups (broad SMARTS) is 1. The zero-order chi connectivity index (χ0) is 64.3. The molecule has 0 saturated carbocycles. The van der Waals surface area contributed by atoms with Crippen molar-refractivity contribution >= 4 is 93.7 Å². The van der Waals surface area contributed by atoms with Gasteiger partial charge in [0, 0.05) is 48.7 Å². The number of anilines is 4. The van der Waals surface area contributed by atoms with Crippen LogP contribution in [0.2, 0.25) is 0 Å². The molecule has 23 N–H and O–H groups in total. The van der Waals surface area contributed by atoms with Gasteiger partial charge in [-0.15, -0.1) is 0 Å². The molecular weight excluding hydrogens is 1130 g/mol. The first kappa shape index (κ1) is 68.8. The average molecular weight is 1210 g/mol. The zero-order valence-corrected chi connectivity index (χ0v) is 48.4. The number of nitrogens with one attached hydrogen (secondary N) is 8. The van der Waals surface area contributed by atoms with E-state index in [4.69, 9.17) is 64.5 Å². The minimum Gasteiger partial charge on any atom is -0.496 e. The van der Waals surface area contributed by atoms with Gasteiger partial charge in [-0.3, -0.25) is 58.5 Å². The molecule has 4 aromatic rings. The number of nitrogens with two attached hydrogens (primary N) is 7. The van der Waals surface area contributed by atoms with Crippen LogP contribution in [-0.2, 0) is 24.0 Å². The third-order valence-electron chi connectivity index (χ3n) is 12.8. The molecule has 4 atom stereocenters. The SMILES string of the molecule is COc1ccc(NC(=O)[C@H](CCCCC(=N)N)NC(=O)c2cc(NC(=O)[C@H](CCC(=O)O)NC(=O)c3cc(NC(=O)[C@H](CCCN=C(N)N)NC(=O)c4cc(NC(=O)[C@@H](N)CCCN=C(N)N)ccc4OC)ccc3OC)ccc2OC)cc1C(N)=O. The maximum atomic E-state index is 14.2. The van der Waals surface area contributed by atoms with Gasteiger partial charge < -0.3 is 101 Å². The molecule has 0 spiro atoms. The van der Waals surface area contributed by atoms with Crippen LogP contribution in [0.5, 0.6) is 23.0 Å². The van der Waals surface area contributed by atoms with Crippen molar-refractivity contribution in [3.63, 3.8) is 0 Å². The Hall–Kier alpha value is -10.7. The number of carbonyl (C=O) groups excluding carboxylic acids is 8. The van der Waals surface area contributed by atoms with E-state index in [0.717, 1.165) is 0 Å². The monoisotopic (exact) mass is 1210 g/mol. The number of rotatable bonds is 35. The second-order valence-corrected chi connectivity index (χ2v) is 19.3. The molecule has 0 fully saturated rings. The Morgan fingerprint density at radius 1 is 0.460 bits per heavy atom. The molecule has 4 rings (SSSR count). The fraction of sp³-hybridized carbons (Fsp3) is 0.357. The molecule has 0 aliphatic rings. The highest BCUT2D eigenvalue weighted by Gasteiger charge is 2.29. The predicted octanol–water partition coefficient (Wildman–Crippen LogP) is 0.765.